The number of hydrogen-bond donors (Lipinski definition) is 3. The van der Waals surface area contributed by atoms with Crippen LogP contribution in [0.5, 0.6) is 0 Å². The first-order chi connectivity index (χ1) is 11.9. The van der Waals surface area contributed by atoms with E-state index in [0.29, 0.717) is 6.42 Å². The Morgan fingerprint density at radius 1 is 0.960 bits per heavy atom. The van der Waals surface area contributed by atoms with Crippen molar-refractivity contribution < 1.29 is 23.1 Å². The maximum Gasteiger partial charge on any atom is 0.303 e. The molecule has 0 atom stereocenters. The maximum absolute atomic E-state index is 12.3. The Labute approximate surface area is 146 Å². The van der Waals surface area contributed by atoms with Crippen LogP contribution in [0.15, 0.2) is 47.4 Å². The fourth-order valence-corrected chi connectivity index (χ4v) is 3.34. The van der Waals surface area contributed by atoms with Gasteiger partial charge in [0.1, 0.15) is 0 Å². The number of rotatable bonds is 9. The van der Waals surface area contributed by atoms with Crippen LogP contribution in [0.25, 0.3) is 10.8 Å². The lowest BCUT2D eigenvalue weighted by Gasteiger charge is -2.08. The molecule has 25 heavy (non-hydrogen) atoms. The molecule has 0 aliphatic carbocycles. The first kappa shape index (κ1) is 18.9. The van der Waals surface area contributed by atoms with Gasteiger partial charge in [-0.3, -0.25) is 9.59 Å². The summed E-state index contributed by atoms with van der Waals surface area (Å²) >= 11 is 0. The van der Waals surface area contributed by atoms with E-state index in [9.17, 15) is 18.0 Å². The van der Waals surface area contributed by atoms with Gasteiger partial charge in [0, 0.05) is 25.9 Å². The summed E-state index contributed by atoms with van der Waals surface area (Å²) in [5.74, 6) is -1.25. The fraction of sp³-hybridized carbons (Fsp3) is 0.294. The maximum atomic E-state index is 12.3. The van der Waals surface area contributed by atoms with Crippen LogP contribution in [0.2, 0.25) is 0 Å². The second-order valence-corrected chi connectivity index (χ2v) is 7.27. The van der Waals surface area contributed by atoms with Crippen LogP contribution in [-0.4, -0.2) is 38.5 Å². The predicted molar refractivity (Wildman–Crippen MR) is 93.6 cm³/mol. The lowest BCUT2D eigenvalue weighted by Crippen LogP contribution is -2.31. The second-order valence-electron chi connectivity index (χ2n) is 5.50. The van der Waals surface area contributed by atoms with Crippen LogP contribution in [0.1, 0.15) is 19.3 Å². The highest BCUT2D eigenvalue weighted by Gasteiger charge is 2.14. The average molecular weight is 364 g/mol. The minimum atomic E-state index is -3.69. The molecule has 0 radical (unpaired) electrons. The van der Waals surface area contributed by atoms with E-state index < -0.39 is 16.0 Å². The molecule has 2 aromatic rings. The van der Waals surface area contributed by atoms with Crippen LogP contribution >= 0.6 is 0 Å². The van der Waals surface area contributed by atoms with Gasteiger partial charge in [0.05, 0.1) is 4.90 Å². The largest absolute Gasteiger partial charge is 0.481 e. The summed E-state index contributed by atoms with van der Waals surface area (Å²) in [7, 11) is -3.69. The highest BCUT2D eigenvalue weighted by molar-refractivity contribution is 7.89. The Morgan fingerprint density at radius 3 is 2.40 bits per heavy atom. The van der Waals surface area contributed by atoms with Crippen LogP contribution in [-0.2, 0) is 19.6 Å². The van der Waals surface area contributed by atoms with Gasteiger partial charge in [-0.05, 0) is 29.3 Å². The summed E-state index contributed by atoms with van der Waals surface area (Å²) in [6.45, 7) is 0.225. The van der Waals surface area contributed by atoms with Crippen molar-refractivity contribution in [2.75, 3.05) is 13.1 Å². The van der Waals surface area contributed by atoms with Gasteiger partial charge >= 0.3 is 5.97 Å². The number of hydrogen-bond acceptors (Lipinski definition) is 4. The zero-order valence-corrected chi connectivity index (χ0v) is 14.4. The lowest BCUT2D eigenvalue weighted by molar-refractivity contribution is -0.137. The Hall–Kier alpha value is -2.45. The van der Waals surface area contributed by atoms with Crippen molar-refractivity contribution in [3.05, 3.63) is 42.5 Å². The number of benzene rings is 2. The van der Waals surface area contributed by atoms with Crippen LogP contribution in [0.3, 0.4) is 0 Å². The quantitative estimate of drug-likeness (QED) is 0.584. The van der Waals surface area contributed by atoms with Crippen molar-refractivity contribution in [1.82, 2.24) is 10.0 Å². The normalized spacial score (nSPS) is 11.4. The van der Waals surface area contributed by atoms with Crippen molar-refractivity contribution >= 4 is 32.7 Å². The van der Waals surface area contributed by atoms with Gasteiger partial charge in [-0.1, -0.05) is 30.3 Å². The highest BCUT2D eigenvalue weighted by atomic mass is 32.2. The second kappa shape index (κ2) is 8.59. The van der Waals surface area contributed by atoms with E-state index in [4.69, 9.17) is 5.11 Å². The standard InChI is InChI=1S/C17H20N2O5S/c20-16(18-10-3-6-17(21)22)9-11-19-25(23,24)15-8-7-13-4-1-2-5-14(13)12-15/h1-2,4-5,7-8,12,19H,3,6,9-11H2,(H,18,20)(H,21,22). The van der Waals surface area contributed by atoms with Gasteiger partial charge in [-0.15, -0.1) is 0 Å². The number of carboxylic acids is 1. The zero-order valence-electron chi connectivity index (χ0n) is 13.6. The third kappa shape index (κ3) is 5.84. The molecule has 1 amide bonds. The molecule has 8 heteroatoms. The van der Waals surface area contributed by atoms with Crippen molar-refractivity contribution in [1.29, 1.82) is 0 Å². The minimum Gasteiger partial charge on any atom is -0.481 e. The van der Waals surface area contributed by atoms with Crippen molar-refractivity contribution in [3.8, 4) is 0 Å². The number of carbonyl (C=O) groups excluding carboxylic acids is 1. The first-order valence-electron chi connectivity index (χ1n) is 7.85. The molecule has 0 aromatic heterocycles. The molecule has 0 bridgehead atoms. The molecule has 0 heterocycles. The third-order valence-corrected chi connectivity index (χ3v) is 5.02. The Bertz CT molecular complexity index is 864. The predicted octanol–water partition coefficient (Wildman–Crippen LogP) is 1.49. The zero-order chi connectivity index (χ0) is 18.3. The molecule has 134 valence electrons. The van der Waals surface area contributed by atoms with Crippen molar-refractivity contribution in [2.24, 2.45) is 0 Å². The molecule has 0 aliphatic rings. The molecular weight excluding hydrogens is 344 g/mol. The summed E-state index contributed by atoms with van der Waals surface area (Å²) in [6.07, 6.45) is 0.304. The number of nitrogens with one attached hydrogen (secondary N) is 2. The van der Waals surface area contributed by atoms with Gasteiger partial charge < -0.3 is 10.4 Å². The number of aliphatic carboxylic acids is 1. The smallest absolute Gasteiger partial charge is 0.303 e. The topological polar surface area (TPSA) is 113 Å². The lowest BCUT2D eigenvalue weighted by atomic mass is 10.1. The minimum absolute atomic E-state index is 0.0140. The van der Waals surface area contributed by atoms with Crippen molar-refractivity contribution in [2.45, 2.75) is 24.2 Å². The fourth-order valence-electron chi connectivity index (χ4n) is 2.27. The van der Waals surface area contributed by atoms with E-state index in [-0.39, 0.29) is 36.7 Å². The average Bonchev–Trinajstić information content (AvgIpc) is 2.58. The summed E-state index contributed by atoms with van der Waals surface area (Å²) in [4.78, 5) is 22.1. The molecule has 0 spiro atoms. The molecule has 2 aromatic carbocycles. The number of fused-ring (bicyclic) bond motifs is 1. The van der Waals surface area contributed by atoms with Crippen LogP contribution in [0, 0.1) is 0 Å². The monoisotopic (exact) mass is 364 g/mol. The van der Waals surface area contributed by atoms with E-state index in [2.05, 4.69) is 10.0 Å². The van der Waals surface area contributed by atoms with Crippen LogP contribution in [0.4, 0.5) is 0 Å². The summed E-state index contributed by atoms with van der Waals surface area (Å²) in [6, 6.07) is 12.3. The van der Waals surface area contributed by atoms with Gasteiger partial charge in [0.2, 0.25) is 15.9 Å². The molecule has 2 rings (SSSR count). The van der Waals surface area contributed by atoms with E-state index in [1.54, 1.807) is 12.1 Å². The summed E-state index contributed by atoms with van der Waals surface area (Å²) in [5, 5.41) is 12.8. The van der Waals surface area contributed by atoms with Gasteiger partial charge in [0.15, 0.2) is 0 Å². The molecule has 0 aliphatic heterocycles. The summed E-state index contributed by atoms with van der Waals surface area (Å²) in [5.41, 5.74) is 0. The Kier molecular flexibility index (Phi) is 6.49. The molecular formula is C17H20N2O5S. The highest BCUT2D eigenvalue weighted by Crippen LogP contribution is 2.18. The Balaban J connectivity index is 1.84. The number of amides is 1. The van der Waals surface area contributed by atoms with E-state index in [1.807, 2.05) is 24.3 Å². The number of sulfonamides is 1. The van der Waals surface area contributed by atoms with Crippen molar-refractivity contribution in [3.63, 3.8) is 0 Å². The number of carbonyl (C=O) groups is 2. The van der Waals surface area contributed by atoms with E-state index >= 15 is 0 Å². The van der Waals surface area contributed by atoms with Gasteiger partial charge in [-0.2, -0.15) is 0 Å². The molecule has 0 fully saturated rings. The van der Waals surface area contributed by atoms with Gasteiger partial charge in [-0.25, -0.2) is 13.1 Å². The van der Waals surface area contributed by atoms with E-state index in [1.165, 1.54) is 6.07 Å². The summed E-state index contributed by atoms with van der Waals surface area (Å²) < 4.78 is 27.0. The third-order valence-electron chi connectivity index (χ3n) is 3.56. The van der Waals surface area contributed by atoms with Gasteiger partial charge in [0.25, 0.3) is 0 Å². The molecule has 0 saturated carbocycles. The molecule has 0 unspecified atom stereocenters. The molecule has 0 saturated heterocycles. The van der Waals surface area contributed by atoms with Crippen LogP contribution < -0.4 is 10.0 Å². The Morgan fingerprint density at radius 2 is 1.68 bits per heavy atom. The first-order valence-corrected chi connectivity index (χ1v) is 9.34. The SMILES string of the molecule is O=C(O)CCCNC(=O)CCNS(=O)(=O)c1ccc2ccccc2c1. The molecule has 3 N–H and O–H groups in total. The van der Waals surface area contributed by atoms with E-state index in [0.717, 1.165) is 10.8 Å². The number of carboxylic acid groups (broad SMARTS) is 1. The molecule has 7 nitrogen and oxygen atoms in total.